The highest BCUT2D eigenvalue weighted by Gasteiger charge is 2.19. The van der Waals surface area contributed by atoms with E-state index < -0.39 is 0 Å². The smallest absolute Gasteiger partial charge is 0.164 e. The van der Waals surface area contributed by atoms with Gasteiger partial charge in [-0.2, -0.15) is 0 Å². The Balaban J connectivity index is 2.12. The molecule has 0 N–H and O–H groups in total. The Bertz CT molecular complexity index is 590. The van der Waals surface area contributed by atoms with Gasteiger partial charge in [0.05, 0.1) is 30.8 Å². The largest absolute Gasteiger partial charge is 0.378 e. The first kappa shape index (κ1) is 12.9. The number of anilines is 1. The number of morpholine rings is 1. The van der Waals surface area contributed by atoms with Crippen LogP contribution in [0.5, 0.6) is 0 Å². The van der Waals surface area contributed by atoms with Gasteiger partial charge in [-0.3, -0.25) is 4.40 Å². The van der Waals surface area contributed by atoms with E-state index in [1.165, 1.54) is 0 Å². The molecule has 0 saturated carbocycles. The molecule has 0 aromatic carbocycles. The minimum Gasteiger partial charge on any atom is -0.378 e. The highest BCUT2D eigenvalue weighted by molar-refractivity contribution is 9.10. The van der Waals surface area contributed by atoms with Crippen LogP contribution in [0.2, 0.25) is 0 Å². The molecule has 0 amide bonds. The second-order valence-corrected chi connectivity index (χ2v) is 5.77. The maximum Gasteiger partial charge on any atom is 0.164 e. The van der Waals surface area contributed by atoms with Crippen LogP contribution in [-0.4, -0.2) is 40.7 Å². The summed E-state index contributed by atoms with van der Waals surface area (Å²) in [6.07, 6.45) is 3.70. The first-order chi connectivity index (χ1) is 9.18. The van der Waals surface area contributed by atoms with Crippen LogP contribution in [0.1, 0.15) is 25.5 Å². The van der Waals surface area contributed by atoms with E-state index in [-0.39, 0.29) is 0 Å². The summed E-state index contributed by atoms with van der Waals surface area (Å²) >= 11 is 3.63. The molecule has 1 fully saturated rings. The SMILES string of the molecule is CC(C)c1nc2c(N3CCOCC3)cncn2c1Br. The molecule has 0 aliphatic carbocycles. The number of fused-ring (bicyclic) bond motifs is 1. The molecule has 0 spiro atoms. The molecule has 102 valence electrons. The van der Waals surface area contributed by atoms with Crippen LogP contribution in [-0.2, 0) is 4.74 Å². The molecular formula is C13H17BrN4O. The highest BCUT2D eigenvalue weighted by Crippen LogP contribution is 2.29. The van der Waals surface area contributed by atoms with Gasteiger partial charge in [0.25, 0.3) is 0 Å². The number of nitrogens with zero attached hydrogens (tertiary/aromatic N) is 4. The summed E-state index contributed by atoms with van der Waals surface area (Å²) < 4.78 is 8.42. The zero-order valence-electron chi connectivity index (χ0n) is 11.1. The van der Waals surface area contributed by atoms with Gasteiger partial charge in [0.1, 0.15) is 10.9 Å². The van der Waals surface area contributed by atoms with Crippen molar-refractivity contribution in [3.05, 3.63) is 22.8 Å². The Morgan fingerprint density at radius 1 is 1.32 bits per heavy atom. The number of rotatable bonds is 2. The van der Waals surface area contributed by atoms with Crippen LogP contribution >= 0.6 is 15.9 Å². The Hall–Kier alpha value is -1.14. The molecule has 3 rings (SSSR count). The van der Waals surface area contributed by atoms with Crippen molar-refractivity contribution in [3.63, 3.8) is 0 Å². The van der Waals surface area contributed by atoms with Crippen molar-refractivity contribution in [2.75, 3.05) is 31.2 Å². The lowest BCUT2D eigenvalue weighted by Gasteiger charge is -2.28. The summed E-state index contributed by atoms with van der Waals surface area (Å²) in [5.41, 5.74) is 3.12. The predicted molar refractivity (Wildman–Crippen MR) is 77.8 cm³/mol. The van der Waals surface area contributed by atoms with Gasteiger partial charge in [-0.05, 0) is 21.8 Å². The molecule has 6 heteroatoms. The topological polar surface area (TPSA) is 42.7 Å². The molecule has 0 radical (unpaired) electrons. The normalized spacial score (nSPS) is 16.5. The Labute approximate surface area is 120 Å². The van der Waals surface area contributed by atoms with Crippen molar-refractivity contribution < 1.29 is 4.74 Å². The van der Waals surface area contributed by atoms with Gasteiger partial charge < -0.3 is 9.64 Å². The molecule has 3 heterocycles. The average Bonchev–Trinajstić information content (AvgIpc) is 2.78. The van der Waals surface area contributed by atoms with Gasteiger partial charge >= 0.3 is 0 Å². The summed E-state index contributed by atoms with van der Waals surface area (Å²) in [6.45, 7) is 7.61. The van der Waals surface area contributed by atoms with Gasteiger partial charge in [0.15, 0.2) is 5.65 Å². The van der Waals surface area contributed by atoms with E-state index in [9.17, 15) is 0 Å². The van der Waals surface area contributed by atoms with Crippen molar-refractivity contribution in [3.8, 4) is 0 Å². The second kappa shape index (κ2) is 5.09. The van der Waals surface area contributed by atoms with Crippen molar-refractivity contribution in [2.24, 2.45) is 0 Å². The lowest BCUT2D eigenvalue weighted by molar-refractivity contribution is 0.123. The quantitative estimate of drug-likeness (QED) is 0.851. The Morgan fingerprint density at radius 2 is 2.05 bits per heavy atom. The van der Waals surface area contributed by atoms with Crippen LogP contribution in [0.15, 0.2) is 17.1 Å². The number of hydrogen-bond acceptors (Lipinski definition) is 4. The average molecular weight is 325 g/mol. The number of halogens is 1. The molecular weight excluding hydrogens is 308 g/mol. The lowest BCUT2D eigenvalue weighted by Crippen LogP contribution is -2.36. The van der Waals surface area contributed by atoms with Crippen LogP contribution < -0.4 is 4.90 Å². The first-order valence-electron chi connectivity index (χ1n) is 6.52. The third kappa shape index (κ3) is 2.23. The molecule has 1 aliphatic rings. The van der Waals surface area contributed by atoms with Crippen LogP contribution in [0.3, 0.4) is 0 Å². The molecule has 19 heavy (non-hydrogen) atoms. The lowest BCUT2D eigenvalue weighted by atomic mass is 10.2. The van der Waals surface area contributed by atoms with E-state index in [1.807, 2.05) is 16.9 Å². The maximum absolute atomic E-state index is 5.40. The van der Waals surface area contributed by atoms with Gasteiger partial charge in [-0.1, -0.05) is 13.8 Å². The predicted octanol–water partition coefficient (Wildman–Crippen LogP) is 2.45. The molecule has 5 nitrogen and oxygen atoms in total. The molecule has 2 aromatic heterocycles. The number of imidazole rings is 1. The van der Waals surface area contributed by atoms with E-state index in [0.717, 1.165) is 47.9 Å². The molecule has 2 aromatic rings. The zero-order chi connectivity index (χ0) is 13.4. The summed E-state index contributed by atoms with van der Waals surface area (Å²) in [4.78, 5) is 11.4. The standard InChI is InChI=1S/C13H17BrN4O/c1-9(2)11-12(14)18-8-15-7-10(13(18)16-11)17-3-5-19-6-4-17/h7-9H,3-6H2,1-2H3. The first-order valence-corrected chi connectivity index (χ1v) is 7.32. The fourth-order valence-corrected chi connectivity index (χ4v) is 3.15. The third-order valence-corrected chi connectivity index (χ3v) is 4.17. The van der Waals surface area contributed by atoms with Crippen LogP contribution in [0, 0.1) is 0 Å². The third-order valence-electron chi connectivity index (χ3n) is 3.38. The van der Waals surface area contributed by atoms with Gasteiger partial charge in [-0.15, -0.1) is 0 Å². The summed E-state index contributed by atoms with van der Waals surface area (Å²) in [6, 6.07) is 0. The van der Waals surface area contributed by atoms with Crippen molar-refractivity contribution >= 4 is 27.3 Å². The van der Waals surface area contributed by atoms with Crippen molar-refractivity contribution in [1.82, 2.24) is 14.4 Å². The zero-order valence-corrected chi connectivity index (χ0v) is 12.7. The van der Waals surface area contributed by atoms with E-state index in [4.69, 9.17) is 9.72 Å². The highest BCUT2D eigenvalue weighted by atomic mass is 79.9. The van der Waals surface area contributed by atoms with Crippen molar-refractivity contribution in [1.29, 1.82) is 0 Å². The monoisotopic (exact) mass is 324 g/mol. The molecule has 0 unspecified atom stereocenters. The Morgan fingerprint density at radius 3 is 2.74 bits per heavy atom. The van der Waals surface area contributed by atoms with E-state index >= 15 is 0 Å². The number of hydrogen-bond donors (Lipinski definition) is 0. The van der Waals surface area contributed by atoms with Gasteiger partial charge in [0, 0.05) is 13.1 Å². The van der Waals surface area contributed by atoms with E-state index in [1.54, 1.807) is 0 Å². The molecule has 1 saturated heterocycles. The summed E-state index contributed by atoms with van der Waals surface area (Å²) in [5, 5.41) is 0. The van der Waals surface area contributed by atoms with Gasteiger partial charge in [0.2, 0.25) is 0 Å². The minimum absolute atomic E-state index is 0.381. The number of ether oxygens (including phenoxy) is 1. The van der Waals surface area contributed by atoms with Gasteiger partial charge in [-0.25, -0.2) is 9.97 Å². The fourth-order valence-electron chi connectivity index (χ4n) is 2.34. The molecule has 0 bridgehead atoms. The molecule has 1 aliphatic heterocycles. The second-order valence-electron chi connectivity index (χ2n) is 5.01. The maximum atomic E-state index is 5.40. The van der Waals surface area contributed by atoms with E-state index in [0.29, 0.717) is 5.92 Å². The summed E-state index contributed by atoms with van der Waals surface area (Å²) in [7, 11) is 0. The summed E-state index contributed by atoms with van der Waals surface area (Å²) in [5.74, 6) is 0.381. The Kier molecular flexibility index (Phi) is 3.45. The number of aromatic nitrogens is 3. The minimum atomic E-state index is 0.381. The van der Waals surface area contributed by atoms with Crippen LogP contribution in [0.25, 0.3) is 5.65 Å². The van der Waals surface area contributed by atoms with E-state index in [2.05, 4.69) is 39.7 Å². The van der Waals surface area contributed by atoms with Crippen molar-refractivity contribution in [2.45, 2.75) is 19.8 Å². The molecule has 0 atom stereocenters. The fraction of sp³-hybridized carbons (Fsp3) is 0.538. The van der Waals surface area contributed by atoms with Crippen LogP contribution in [0.4, 0.5) is 5.69 Å².